The van der Waals surface area contributed by atoms with Crippen LogP contribution in [0.15, 0.2) is 30.8 Å². The molecule has 0 N–H and O–H groups in total. The molecule has 0 aliphatic rings. The zero-order valence-electron chi connectivity index (χ0n) is 12.3. The van der Waals surface area contributed by atoms with Crippen LogP contribution in [0.3, 0.4) is 0 Å². The zero-order chi connectivity index (χ0) is 14.0. The number of rotatable bonds is 5. The molecule has 0 fully saturated rings. The van der Waals surface area contributed by atoms with Crippen molar-refractivity contribution in [3.05, 3.63) is 36.4 Å². The lowest BCUT2D eigenvalue weighted by Gasteiger charge is -2.23. The van der Waals surface area contributed by atoms with E-state index in [9.17, 15) is 0 Å². The minimum atomic E-state index is -1.60. The highest BCUT2D eigenvalue weighted by molar-refractivity contribution is 6.70. The number of hydrogen-bond acceptors (Lipinski definition) is 2. The van der Waals surface area contributed by atoms with Crippen LogP contribution in [0.5, 0.6) is 5.75 Å². The first-order valence-electron chi connectivity index (χ1n) is 6.24. The molecular formula is C14H24O2Si2. The summed E-state index contributed by atoms with van der Waals surface area (Å²) >= 11 is 0. The summed E-state index contributed by atoms with van der Waals surface area (Å²) in [4.78, 5) is 0. The average Bonchev–Trinajstić information content (AvgIpc) is 2.12. The lowest BCUT2D eigenvalue weighted by Crippen LogP contribution is -2.29. The Kier molecular flexibility index (Phi) is 4.45. The van der Waals surface area contributed by atoms with Crippen molar-refractivity contribution in [2.75, 3.05) is 0 Å². The van der Waals surface area contributed by atoms with Gasteiger partial charge in [0.2, 0.25) is 16.6 Å². The molecule has 0 amide bonds. The first-order valence-corrected chi connectivity index (χ1v) is 13.1. The van der Waals surface area contributed by atoms with E-state index in [-0.39, 0.29) is 0 Å². The monoisotopic (exact) mass is 280 g/mol. The Hall–Kier alpha value is -1.01. The first kappa shape index (κ1) is 15.1. The fraction of sp³-hybridized carbons (Fsp3) is 0.429. The third-order valence-electron chi connectivity index (χ3n) is 2.01. The predicted molar refractivity (Wildman–Crippen MR) is 83.9 cm³/mol. The van der Waals surface area contributed by atoms with Crippen molar-refractivity contribution in [1.82, 2.24) is 0 Å². The first-order chi connectivity index (χ1) is 8.07. The van der Waals surface area contributed by atoms with Gasteiger partial charge in [0, 0.05) is 5.56 Å². The fourth-order valence-corrected chi connectivity index (χ4v) is 3.21. The van der Waals surface area contributed by atoms with Crippen molar-refractivity contribution >= 4 is 22.4 Å². The molecule has 0 heterocycles. The summed E-state index contributed by atoms with van der Waals surface area (Å²) < 4.78 is 11.9. The van der Waals surface area contributed by atoms with Gasteiger partial charge in [-0.1, -0.05) is 18.7 Å². The highest BCUT2D eigenvalue weighted by Crippen LogP contribution is 2.24. The molecule has 0 aromatic heterocycles. The van der Waals surface area contributed by atoms with E-state index in [0.717, 1.165) is 17.1 Å². The molecule has 0 aliphatic heterocycles. The molecule has 18 heavy (non-hydrogen) atoms. The quantitative estimate of drug-likeness (QED) is 0.574. The van der Waals surface area contributed by atoms with Crippen LogP contribution < -0.4 is 4.43 Å². The summed E-state index contributed by atoms with van der Waals surface area (Å²) in [5.74, 6) is 1.65. The summed E-state index contributed by atoms with van der Waals surface area (Å²) in [5, 5.41) is 0. The number of hydrogen-bond donors (Lipinski definition) is 0. The molecule has 0 bridgehead atoms. The van der Waals surface area contributed by atoms with Gasteiger partial charge in [0.15, 0.2) is 0 Å². The molecule has 2 nitrogen and oxygen atoms in total. The van der Waals surface area contributed by atoms with Gasteiger partial charge in [0.1, 0.15) is 11.5 Å². The zero-order valence-corrected chi connectivity index (χ0v) is 14.3. The highest BCUT2D eigenvalue weighted by atomic mass is 28.4. The van der Waals surface area contributed by atoms with E-state index in [0.29, 0.717) is 0 Å². The lowest BCUT2D eigenvalue weighted by atomic mass is 10.2. The third kappa shape index (κ3) is 5.55. The van der Waals surface area contributed by atoms with Crippen molar-refractivity contribution < 1.29 is 8.85 Å². The third-order valence-corrected chi connectivity index (χ3v) is 3.72. The van der Waals surface area contributed by atoms with Crippen LogP contribution in [-0.2, 0) is 4.43 Å². The van der Waals surface area contributed by atoms with Gasteiger partial charge in [-0.15, -0.1) is 0 Å². The Balaban J connectivity index is 2.85. The van der Waals surface area contributed by atoms with Gasteiger partial charge in [-0.05, 0) is 51.4 Å². The van der Waals surface area contributed by atoms with Gasteiger partial charge in [0.25, 0.3) is 0 Å². The average molecular weight is 281 g/mol. The molecule has 0 atom stereocenters. The Bertz CT molecular complexity index is 428. The SMILES string of the molecule is C=C(O[Si](C)(C)C)c1cccc(O[Si](C)(C)C)c1. The second kappa shape index (κ2) is 5.32. The van der Waals surface area contributed by atoms with Crippen LogP contribution in [0, 0.1) is 0 Å². The highest BCUT2D eigenvalue weighted by Gasteiger charge is 2.19. The van der Waals surface area contributed by atoms with Crippen molar-refractivity contribution in [2.45, 2.75) is 39.3 Å². The molecule has 100 valence electrons. The van der Waals surface area contributed by atoms with Crippen molar-refractivity contribution in [2.24, 2.45) is 0 Å². The summed E-state index contributed by atoms with van der Waals surface area (Å²) in [5.41, 5.74) is 1.01. The Morgan fingerprint density at radius 1 is 1.00 bits per heavy atom. The maximum absolute atomic E-state index is 5.98. The van der Waals surface area contributed by atoms with Gasteiger partial charge in [-0.3, -0.25) is 0 Å². The van der Waals surface area contributed by atoms with Gasteiger partial charge < -0.3 is 8.85 Å². The Morgan fingerprint density at radius 2 is 1.61 bits per heavy atom. The van der Waals surface area contributed by atoms with Crippen molar-refractivity contribution in [3.63, 3.8) is 0 Å². The van der Waals surface area contributed by atoms with Crippen molar-refractivity contribution in [3.8, 4) is 5.75 Å². The second-order valence-electron chi connectivity index (χ2n) is 6.38. The van der Waals surface area contributed by atoms with Crippen LogP contribution in [0.4, 0.5) is 0 Å². The van der Waals surface area contributed by atoms with E-state index >= 15 is 0 Å². The summed E-state index contributed by atoms with van der Waals surface area (Å²) in [7, 11) is -3.16. The molecule has 0 radical (unpaired) electrons. The van der Waals surface area contributed by atoms with Gasteiger partial charge in [-0.2, -0.15) is 0 Å². The summed E-state index contributed by atoms with van der Waals surface area (Å²) in [6.07, 6.45) is 0. The van der Waals surface area contributed by atoms with Crippen LogP contribution in [0.2, 0.25) is 39.3 Å². The van der Waals surface area contributed by atoms with Crippen LogP contribution in [0.1, 0.15) is 5.56 Å². The van der Waals surface area contributed by atoms with Crippen LogP contribution >= 0.6 is 0 Å². The second-order valence-corrected chi connectivity index (χ2v) is 15.2. The van der Waals surface area contributed by atoms with Gasteiger partial charge in [0.05, 0.1) is 0 Å². The molecule has 0 spiro atoms. The maximum atomic E-state index is 5.98. The molecule has 0 saturated carbocycles. The van der Waals surface area contributed by atoms with E-state index in [1.165, 1.54) is 0 Å². The molecule has 1 rings (SSSR count). The van der Waals surface area contributed by atoms with Crippen LogP contribution in [0.25, 0.3) is 5.76 Å². The summed E-state index contributed by atoms with van der Waals surface area (Å²) in [6, 6.07) is 8.01. The minimum Gasteiger partial charge on any atom is -0.544 e. The number of benzene rings is 1. The Labute approximate surface area is 113 Å². The maximum Gasteiger partial charge on any atom is 0.242 e. The van der Waals surface area contributed by atoms with E-state index in [1.807, 2.05) is 24.3 Å². The normalized spacial score (nSPS) is 12.1. The van der Waals surface area contributed by atoms with E-state index in [4.69, 9.17) is 8.85 Å². The summed E-state index contributed by atoms with van der Waals surface area (Å²) in [6.45, 7) is 17.0. The standard InChI is InChI=1S/C14H24O2Si2/c1-12(15-17(2,3)4)13-9-8-10-14(11-13)16-18(5,6)7/h8-11H,1H2,2-7H3. The Morgan fingerprint density at radius 3 is 2.11 bits per heavy atom. The van der Waals surface area contributed by atoms with Gasteiger partial charge >= 0.3 is 0 Å². The molecule has 0 saturated heterocycles. The molecule has 1 aromatic carbocycles. The molecule has 4 heteroatoms. The largest absolute Gasteiger partial charge is 0.544 e. The molecule has 0 unspecified atom stereocenters. The van der Waals surface area contributed by atoms with Gasteiger partial charge in [-0.25, -0.2) is 0 Å². The fourth-order valence-electron chi connectivity index (χ4n) is 1.52. The lowest BCUT2D eigenvalue weighted by molar-refractivity contribution is 0.514. The molecule has 0 aliphatic carbocycles. The smallest absolute Gasteiger partial charge is 0.242 e. The predicted octanol–water partition coefficient (Wildman–Crippen LogP) is 4.72. The minimum absolute atomic E-state index is 0.746. The van der Waals surface area contributed by atoms with E-state index < -0.39 is 16.6 Å². The van der Waals surface area contributed by atoms with Crippen molar-refractivity contribution in [1.29, 1.82) is 0 Å². The topological polar surface area (TPSA) is 18.5 Å². The van der Waals surface area contributed by atoms with E-state index in [2.05, 4.69) is 45.9 Å². The molecular weight excluding hydrogens is 256 g/mol. The van der Waals surface area contributed by atoms with Crippen LogP contribution in [-0.4, -0.2) is 16.6 Å². The van der Waals surface area contributed by atoms with E-state index in [1.54, 1.807) is 0 Å². The molecule has 1 aromatic rings.